The van der Waals surface area contributed by atoms with Crippen molar-refractivity contribution in [2.24, 2.45) is 0 Å². The Morgan fingerprint density at radius 3 is 2.64 bits per heavy atom. The Labute approximate surface area is 129 Å². The minimum atomic E-state index is -0.466. The lowest BCUT2D eigenvalue weighted by Crippen LogP contribution is -2.48. The molecule has 0 spiro atoms. The molecule has 2 fully saturated rings. The molecule has 1 amide bonds. The smallest absolute Gasteiger partial charge is 0.222 e. The van der Waals surface area contributed by atoms with Gasteiger partial charge >= 0.3 is 0 Å². The van der Waals surface area contributed by atoms with E-state index in [1.54, 1.807) is 0 Å². The van der Waals surface area contributed by atoms with Gasteiger partial charge in [-0.05, 0) is 55.9 Å². The highest BCUT2D eigenvalue weighted by Crippen LogP contribution is 2.29. The fourth-order valence-electron chi connectivity index (χ4n) is 3.70. The van der Waals surface area contributed by atoms with E-state index in [0.717, 1.165) is 25.0 Å². The summed E-state index contributed by atoms with van der Waals surface area (Å²) in [6.45, 7) is 0. The number of piperidine rings is 1. The van der Waals surface area contributed by atoms with Crippen LogP contribution in [-0.2, 0) is 11.2 Å². The molecular weight excluding hydrogens is 286 g/mol. The summed E-state index contributed by atoms with van der Waals surface area (Å²) in [5.41, 5.74) is 0.270. The van der Waals surface area contributed by atoms with Crippen LogP contribution in [0.4, 0.5) is 8.78 Å². The molecule has 3 rings (SSSR count). The third kappa shape index (κ3) is 3.29. The molecule has 2 aliphatic rings. The third-order valence-corrected chi connectivity index (χ3v) is 5.01. The first-order valence-corrected chi connectivity index (χ1v) is 7.98. The van der Waals surface area contributed by atoms with Crippen LogP contribution in [0.5, 0.6) is 0 Å². The summed E-state index contributed by atoms with van der Waals surface area (Å²) < 4.78 is 26.7. The molecule has 0 saturated carbocycles. The monoisotopic (exact) mass is 308 g/mol. The fraction of sp³-hybridized carbons (Fsp3) is 0.588. The van der Waals surface area contributed by atoms with Gasteiger partial charge in [0.2, 0.25) is 5.91 Å². The summed E-state index contributed by atoms with van der Waals surface area (Å²) in [5.74, 6) is -0.904. The van der Waals surface area contributed by atoms with E-state index < -0.39 is 11.6 Å². The van der Waals surface area contributed by atoms with Crippen LogP contribution in [0.25, 0.3) is 0 Å². The average Bonchev–Trinajstić information content (AvgIpc) is 2.85. The Kier molecular flexibility index (Phi) is 4.43. The normalized spacial score (nSPS) is 27.0. The topological polar surface area (TPSA) is 32.3 Å². The van der Waals surface area contributed by atoms with Crippen molar-refractivity contribution in [3.63, 3.8) is 0 Å². The summed E-state index contributed by atoms with van der Waals surface area (Å²) in [7, 11) is 1.83. The highest BCUT2D eigenvalue weighted by atomic mass is 19.1. The summed E-state index contributed by atoms with van der Waals surface area (Å²) in [4.78, 5) is 14.1. The zero-order valence-corrected chi connectivity index (χ0v) is 12.8. The molecule has 2 saturated heterocycles. The Morgan fingerprint density at radius 2 is 1.95 bits per heavy atom. The van der Waals surface area contributed by atoms with Gasteiger partial charge in [0.15, 0.2) is 0 Å². The van der Waals surface area contributed by atoms with Crippen LogP contribution in [0.3, 0.4) is 0 Å². The van der Waals surface area contributed by atoms with Crippen molar-refractivity contribution in [3.8, 4) is 0 Å². The van der Waals surface area contributed by atoms with Gasteiger partial charge < -0.3 is 10.2 Å². The molecule has 2 unspecified atom stereocenters. The molecule has 1 N–H and O–H groups in total. The Balaban J connectivity index is 1.56. The van der Waals surface area contributed by atoms with Gasteiger partial charge in [0, 0.05) is 31.6 Å². The number of benzene rings is 1. The van der Waals surface area contributed by atoms with E-state index in [9.17, 15) is 13.6 Å². The van der Waals surface area contributed by atoms with Gasteiger partial charge in [-0.3, -0.25) is 4.79 Å². The molecule has 0 aromatic heterocycles. The highest BCUT2D eigenvalue weighted by molar-refractivity contribution is 5.76. The van der Waals surface area contributed by atoms with Crippen molar-refractivity contribution >= 4 is 5.91 Å². The van der Waals surface area contributed by atoms with Crippen molar-refractivity contribution in [2.75, 3.05) is 7.05 Å². The first-order chi connectivity index (χ1) is 10.5. The standard InChI is InChI=1S/C17H22F2N2O/c1-21(15-9-13-4-5-14(10-15)20-13)17(22)7-2-11-8-12(18)3-6-16(11)19/h3,6,8,13-15,20H,2,4-5,7,9-10H2,1H3. The molecule has 5 heteroatoms. The molecule has 22 heavy (non-hydrogen) atoms. The van der Waals surface area contributed by atoms with Gasteiger partial charge in [0.05, 0.1) is 0 Å². The molecule has 1 aromatic carbocycles. The molecule has 0 radical (unpaired) electrons. The minimum Gasteiger partial charge on any atom is -0.343 e. The van der Waals surface area contributed by atoms with E-state index in [1.807, 2.05) is 11.9 Å². The maximum absolute atomic E-state index is 13.6. The predicted octanol–water partition coefficient (Wildman–Crippen LogP) is 2.64. The van der Waals surface area contributed by atoms with Gasteiger partial charge in [-0.15, -0.1) is 0 Å². The molecule has 0 aliphatic carbocycles. The molecular formula is C17H22F2N2O. The number of fused-ring (bicyclic) bond motifs is 2. The fourth-order valence-corrected chi connectivity index (χ4v) is 3.70. The number of halogens is 2. The number of nitrogens with one attached hydrogen (secondary N) is 1. The quantitative estimate of drug-likeness (QED) is 0.927. The van der Waals surface area contributed by atoms with Crippen LogP contribution < -0.4 is 5.32 Å². The molecule has 2 aliphatic heterocycles. The minimum absolute atomic E-state index is 0.00922. The maximum Gasteiger partial charge on any atom is 0.222 e. The van der Waals surface area contributed by atoms with Crippen molar-refractivity contribution in [1.29, 1.82) is 0 Å². The zero-order chi connectivity index (χ0) is 15.7. The van der Waals surface area contributed by atoms with Crippen LogP contribution in [0.1, 0.15) is 37.7 Å². The number of nitrogens with zero attached hydrogens (tertiary/aromatic N) is 1. The van der Waals surface area contributed by atoms with E-state index in [1.165, 1.54) is 18.9 Å². The second-order valence-corrected chi connectivity index (χ2v) is 6.50. The van der Waals surface area contributed by atoms with Crippen molar-refractivity contribution in [2.45, 2.75) is 56.7 Å². The lowest BCUT2D eigenvalue weighted by Gasteiger charge is -2.35. The number of aryl methyl sites for hydroxylation is 1. The lowest BCUT2D eigenvalue weighted by atomic mass is 9.98. The Morgan fingerprint density at radius 1 is 1.27 bits per heavy atom. The van der Waals surface area contributed by atoms with Crippen molar-refractivity contribution in [1.82, 2.24) is 10.2 Å². The number of rotatable bonds is 4. The van der Waals surface area contributed by atoms with Crippen LogP contribution in [-0.4, -0.2) is 36.0 Å². The van der Waals surface area contributed by atoms with Crippen molar-refractivity contribution in [3.05, 3.63) is 35.4 Å². The van der Waals surface area contributed by atoms with Crippen LogP contribution in [0.2, 0.25) is 0 Å². The largest absolute Gasteiger partial charge is 0.343 e. The van der Waals surface area contributed by atoms with Crippen LogP contribution >= 0.6 is 0 Å². The van der Waals surface area contributed by atoms with Crippen molar-refractivity contribution < 1.29 is 13.6 Å². The van der Waals surface area contributed by atoms with E-state index in [2.05, 4.69) is 5.32 Å². The summed E-state index contributed by atoms with van der Waals surface area (Å²) in [6.07, 6.45) is 4.83. The van der Waals surface area contributed by atoms with E-state index in [4.69, 9.17) is 0 Å². The van der Waals surface area contributed by atoms with Gasteiger partial charge in [-0.1, -0.05) is 0 Å². The average molecular weight is 308 g/mol. The first kappa shape index (κ1) is 15.4. The molecule has 2 bridgehead atoms. The highest BCUT2D eigenvalue weighted by Gasteiger charge is 2.36. The molecule has 1 aromatic rings. The zero-order valence-electron chi connectivity index (χ0n) is 12.8. The number of hydrogen-bond donors (Lipinski definition) is 1. The lowest BCUT2D eigenvalue weighted by molar-refractivity contribution is -0.132. The van der Waals surface area contributed by atoms with Gasteiger partial charge in [0.1, 0.15) is 11.6 Å². The Bertz CT molecular complexity index is 552. The molecule has 2 atom stereocenters. The van der Waals surface area contributed by atoms with E-state index in [-0.39, 0.29) is 30.4 Å². The van der Waals surface area contributed by atoms with Crippen LogP contribution in [0, 0.1) is 11.6 Å². The van der Waals surface area contributed by atoms with Gasteiger partial charge in [0.25, 0.3) is 0 Å². The third-order valence-electron chi connectivity index (χ3n) is 5.01. The predicted molar refractivity (Wildman–Crippen MR) is 80.4 cm³/mol. The summed E-state index contributed by atoms with van der Waals surface area (Å²) in [5, 5.41) is 3.56. The second kappa shape index (κ2) is 6.32. The SMILES string of the molecule is CN(C(=O)CCc1cc(F)ccc1F)C1CC2CCC(C1)N2. The maximum atomic E-state index is 13.6. The number of carbonyl (C=O) groups is 1. The van der Waals surface area contributed by atoms with E-state index >= 15 is 0 Å². The molecule has 3 nitrogen and oxygen atoms in total. The van der Waals surface area contributed by atoms with Gasteiger partial charge in [-0.25, -0.2) is 8.78 Å². The number of amides is 1. The summed E-state index contributed by atoms with van der Waals surface area (Å²) >= 11 is 0. The first-order valence-electron chi connectivity index (χ1n) is 7.98. The number of hydrogen-bond acceptors (Lipinski definition) is 2. The van der Waals surface area contributed by atoms with Gasteiger partial charge in [-0.2, -0.15) is 0 Å². The second-order valence-electron chi connectivity index (χ2n) is 6.50. The number of carbonyl (C=O) groups excluding carboxylic acids is 1. The molecule has 2 heterocycles. The summed E-state index contributed by atoms with van der Waals surface area (Å²) in [6, 6.07) is 4.71. The molecule has 120 valence electrons. The Hall–Kier alpha value is -1.49. The van der Waals surface area contributed by atoms with E-state index in [0.29, 0.717) is 12.1 Å². The van der Waals surface area contributed by atoms with Crippen LogP contribution in [0.15, 0.2) is 18.2 Å².